The Morgan fingerprint density at radius 1 is 0.909 bits per heavy atom. The maximum absolute atomic E-state index is 13.7. The first kappa shape index (κ1) is 20.9. The summed E-state index contributed by atoms with van der Waals surface area (Å²) in [6.07, 6.45) is 0.303. The number of fused-ring (bicyclic) bond motifs is 2. The Bertz CT molecular complexity index is 1420. The number of aromatic nitrogens is 2. The summed E-state index contributed by atoms with van der Waals surface area (Å²) in [5.41, 5.74) is 2.93. The van der Waals surface area contributed by atoms with Crippen LogP contribution in [0.1, 0.15) is 31.2 Å². The first-order chi connectivity index (χ1) is 16.0. The largest absolute Gasteiger partial charge is 0.495 e. The molecule has 1 atom stereocenters. The second-order valence-corrected chi connectivity index (χ2v) is 8.48. The van der Waals surface area contributed by atoms with Crippen molar-refractivity contribution < 1.29 is 9.53 Å². The molecule has 1 aliphatic rings. The van der Waals surface area contributed by atoms with Crippen molar-refractivity contribution in [3.8, 4) is 11.4 Å². The Balaban J connectivity index is 1.72. The molecule has 1 aromatic heterocycles. The van der Waals surface area contributed by atoms with E-state index >= 15 is 0 Å². The number of methoxy groups -OCH3 is 1. The smallest absolute Gasteiger partial charge is 0.266 e. The third-order valence-corrected chi connectivity index (χ3v) is 6.18. The summed E-state index contributed by atoms with van der Waals surface area (Å²) >= 11 is 0. The molecule has 0 saturated carbocycles. The molecule has 1 amide bonds. The van der Waals surface area contributed by atoms with Gasteiger partial charge in [-0.25, -0.2) is 4.98 Å². The molecule has 0 bridgehead atoms. The zero-order valence-corrected chi connectivity index (χ0v) is 18.9. The summed E-state index contributed by atoms with van der Waals surface area (Å²) in [5.74, 6) is 0.708. The first-order valence-corrected chi connectivity index (χ1v) is 11.1. The summed E-state index contributed by atoms with van der Waals surface area (Å²) in [6.45, 7) is 4.02. The Morgan fingerprint density at radius 3 is 2.33 bits per heavy atom. The molecular weight excluding hydrogens is 414 g/mol. The van der Waals surface area contributed by atoms with Crippen LogP contribution in [0.2, 0.25) is 0 Å². The topological polar surface area (TPSA) is 64.4 Å². The number of anilines is 1. The van der Waals surface area contributed by atoms with E-state index in [4.69, 9.17) is 9.72 Å². The van der Waals surface area contributed by atoms with Crippen molar-refractivity contribution in [3.63, 3.8) is 0 Å². The van der Waals surface area contributed by atoms with Crippen molar-refractivity contribution in [1.82, 2.24) is 9.55 Å². The van der Waals surface area contributed by atoms with E-state index in [-0.39, 0.29) is 17.5 Å². The highest BCUT2D eigenvalue weighted by Gasteiger charge is 2.39. The molecule has 1 aliphatic heterocycles. The van der Waals surface area contributed by atoms with Crippen LogP contribution in [0.15, 0.2) is 77.6 Å². The van der Waals surface area contributed by atoms with Gasteiger partial charge in [0.25, 0.3) is 5.56 Å². The third-order valence-electron chi connectivity index (χ3n) is 6.18. The van der Waals surface area contributed by atoms with Crippen molar-refractivity contribution in [2.45, 2.75) is 32.2 Å². The molecule has 0 spiro atoms. The number of benzene rings is 3. The second kappa shape index (κ2) is 8.20. The lowest BCUT2D eigenvalue weighted by molar-refractivity contribution is -0.119. The number of hydrogen-bond donors (Lipinski definition) is 0. The van der Waals surface area contributed by atoms with Crippen LogP contribution in [0.5, 0.6) is 5.75 Å². The highest BCUT2D eigenvalue weighted by atomic mass is 16.5. The number of ether oxygens (including phenoxy) is 1. The average Bonchev–Trinajstić information content (AvgIpc) is 3.11. The lowest BCUT2D eigenvalue weighted by atomic mass is 9.96. The lowest BCUT2D eigenvalue weighted by Crippen LogP contribution is -2.36. The molecule has 166 valence electrons. The summed E-state index contributed by atoms with van der Waals surface area (Å²) in [5, 5.41) is 0.522. The van der Waals surface area contributed by atoms with Gasteiger partial charge in [0.05, 0.1) is 29.6 Å². The summed E-state index contributed by atoms with van der Waals surface area (Å²) < 4.78 is 7.15. The van der Waals surface area contributed by atoms with Gasteiger partial charge < -0.3 is 9.64 Å². The Labute approximate surface area is 192 Å². The SMILES string of the molecule is COc1ccccc1-n1c(C[C@@H]2C(=O)N(C(C)C)c3ccccc32)nc2ccccc2c1=O. The predicted octanol–water partition coefficient (Wildman–Crippen LogP) is 4.48. The quantitative estimate of drug-likeness (QED) is 0.460. The third kappa shape index (κ3) is 3.39. The zero-order valence-electron chi connectivity index (χ0n) is 18.9. The number of rotatable bonds is 5. The van der Waals surface area contributed by atoms with Crippen molar-refractivity contribution >= 4 is 22.5 Å². The molecule has 0 N–H and O–H groups in total. The van der Waals surface area contributed by atoms with Crippen LogP contribution in [0.4, 0.5) is 5.69 Å². The summed E-state index contributed by atoms with van der Waals surface area (Å²) in [6, 6.07) is 22.6. The van der Waals surface area contributed by atoms with Gasteiger partial charge in [0.1, 0.15) is 11.6 Å². The lowest BCUT2D eigenvalue weighted by Gasteiger charge is -2.22. The van der Waals surface area contributed by atoms with Gasteiger partial charge in [-0.15, -0.1) is 0 Å². The normalized spacial score (nSPS) is 15.3. The predicted molar refractivity (Wildman–Crippen MR) is 129 cm³/mol. The summed E-state index contributed by atoms with van der Waals surface area (Å²) in [7, 11) is 1.58. The number of carbonyl (C=O) groups excluding carboxylic acids is 1. The zero-order chi connectivity index (χ0) is 23.1. The molecule has 0 radical (unpaired) electrons. The number of amides is 1. The monoisotopic (exact) mass is 439 g/mol. The van der Waals surface area contributed by atoms with Gasteiger partial charge in [-0.05, 0) is 49.7 Å². The molecule has 5 rings (SSSR count). The number of carbonyl (C=O) groups is 1. The molecular formula is C27H25N3O3. The maximum Gasteiger partial charge on any atom is 0.266 e. The van der Waals surface area contributed by atoms with Crippen molar-refractivity contribution in [1.29, 1.82) is 0 Å². The van der Waals surface area contributed by atoms with Gasteiger partial charge in [0.15, 0.2) is 0 Å². The van der Waals surface area contributed by atoms with Crippen LogP contribution in [0.25, 0.3) is 16.6 Å². The fourth-order valence-corrected chi connectivity index (χ4v) is 4.71. The molecule has 0 aliphatic carbocycles. The van der Waals surface area contributed by atoms with E-state index in [2.05, 4.69) is 0 Å². The molecule has 33 heavy (non-hydrogen) atoms. The van der Waals surface area contributed by atoms with Gasteiger partial charge in [0, 0.05) is 18.2 Å². The van der Waals surface area contributed by atoms with Crippen molar-refractivity contribution in [2.24, 2.45) is 0 Å². The molecule has 6 heteroatoms. The average molecular weight is 440 g/mol. The van der Waals surface area contributed by atoms with E-state index in [1.54, 1.807) is 17.7 Å². The van der Waals surface area contributed by atoms with Crippen LogP contribution in [-0.4, -0.2) is 28.6 Å². The van der Waals surface area contributed by atoms with Crippen LogP contribution in [0, 0.1) is 0 Å². The van der Waals surface area contributed by atoms with Crippen LogP contribution in [-0.2, 0) is 11.2 Å². The van der Waals surface area contributed by atoms with E-state index in [0.717, 1.165) is 11.3 Å². The highest BCUT2D eigenvalue weighted by molar-refractivity contribution is 6.05. The maximum atomic E-state index is 13.7. The number of para-hydroxylation sites is 4. The summed E-state index contributed by atoms with van der Waals surface area (Å²) in [4.78, 5) is 33.9. The first-order valence-electron chi connectivity index (χ1n) is 11.1. The Morgan fingerprint density at radius 2 is 1.58 bits per heavy atom. The highest BCUT2D eigenvalue weighted by Crippen LogP contribution is 2.40. The van der Waals surface area contributed by atoms with Crippen molar-refractivity contribution in [2.75, 3.05) is 12.0 Å². The van der Waals surface area contributed by atoms with Gasteiger partial charge in [-0.3, -0.25) is 14.2 Å². The van der Waals surface area contributed by atoms with Gasteiger partial charge >= 0.3 is 0 Å². The fraction of sp³-hybridized carbons (Fsp3) is 0.222. The van der Waals surface area contributed by atoms with E-state index < -0.39 is 5.92 Å². The molecule has 6 nitrogen and oxygen atoms in total. The van der Waals surface area contributed by atoms with E-state index in [9.17, 15) is 9.59 Å². The van der Waals surface area contributed by atoms with Gasteiger partial charge in [-0.2, -0.15) is 0 Å². The van der Waals surface area contributed by atoms with Crippen LogP contribution in [0.3, 0.4) is 0 Å². The minimum absolute atomic E-state index is 0.0279. The van der Waals surface area contributed by atoms with Gasteiger partial charge in [-0.1, -0.05) is 42.5 Å². The van der Waals surface area contributed by atoms with E-state index in [1.165, 1.54) is 0 Å². The standard InChI is InChI=1S/C27H25N3O3/c1-17(2)29-22-13-7-5-10-18(22)20(27(29)32)16-25-28-21-12-6-4-11-19(21)26(31)30(25)23-14-8-9-15-24(23)33-3/h4-15,17,20H,16H2,1-3H3/t20-/m0/s1. The second-order valence-electron chi connectivity index (χ2n) is 8.48. The van der Waals surface area contributed by atoms with Crippen LogP contribution >= 0.6 is 0 Å². The molecule has 3 aromatic carbocycles. The van der Waals surface area contributed by atoms with Crippen molar-refractivity contribution in [3.05, 3.63) is 94.5 Å². The molecule has 0 unspecified atom stereocenters. The fourth-order valence-electron chi connectivity index (χ4n) is 4.71. The van der Waals surface area contributed by atoms with Crippen LogP contribution < -0.4 is 15.2 Å². The van der Waals surface area contributed by atoms with E-state index in [0.29, 0.717) is 34.6 Å². The minimum atomic E-state index is -0.419. The minimum Gasteiger partial charge on any atom is -0.495 e. The molecule has 4 aromatic rings. The molecule has 2 heterocycles. The Hall–Kier alpha value is -3.93. The number of nitrogens with zero attached hydrogens (tertiary/aromatic N) is 3. The van der Waals surface area contributed by atoms with Gasteiger partial charge in [0.2, 0.25) is 5.91 Å². The molecule has 0 saturated heterocycles. The molecule has 0 fully saturated rings. The Kier molecular flexibility index (Phi) is 5.21. The van der Waals surface area contributed by atoms with E-state index in [1.807, 2.05) is 85.5 Å². The number of hydrogen-bond acceptors (Lipinski definition) is 4.